The Balaban J connectivity index is 1.61. The summed E-state index contributed by atoms with van der Waals surface area (Å²) in [6.45, 7) is 2.23. The number of aromatic nitrogens is 1. The second kappa shape index (κ2) is 12.4. The molecule has 0 saturated heterocycles. The van der Waals surface area contributed by atoms with E-state index in [1.807, 2.05) is 0 Å². The summed E-state index contributed by atoms with van der Waals surface area (Å²) in [5, 5.41) is 7.98. The lowest BCUT2D eigenvalue weighted by molar-refractivity contribution is -0.140. The third-order valence-corrected chi connectivity index (χ3v) is 6.79. The van der Waals surface area contributed by atoms with E-state index in [2.05, 4.69) is 16.0 Å². The molecule has 42 heavy (non-hydrogen) atoms. The second-order valence-electron chi connectivity index (χ2n) is 9.73. The van der Waals surface area contributed by atoms with Gasteiger partial charge in [0.25, 0.3) is 11.8 Å². The average molecular weight is 623 g/mol. The maximum absolute atomic E-state index is 13.5. The molecule has 0 bridgehead atoms. The standard InChI is InChI=1S/C29H24Cl2F4N4O3/c1-15(2)26(40)36-13-16-3-6-21(30)20(9-16)27(41)37-18-5-8-24-17(10-18)11-25(39(24)14-29(33,34)35)28(42)38-19-4-7-23(32)22(31)12-19/h3-12,15H,13-14H2,1-2H3,(H,36,40)(H,37,41)(H,38,42). The minimum absolute atomic E-state index is 0.0889. The van der Waals surface area contributed by atoms with Crippen LogP contribution in [0.2, 0.25) is 10.0 Å². The molecule has 13 heteroatoms. The molecule has 0 aliphatic heterocycles. The van der Waals surface area contributed by atoms with Crippen molar-refractivity contribution < 1.29 is 31.9 Å². The zero-order valence-electron chi connectivity index (χ0n) is 22.2. The van der Waals surface area contributed by atoms with E-state index >= 15 is 0 Å². The van der Waals surface area contributed by atoms with E-state index in [0.29, 0.717) is 5.56 Å². The summed E-state index contributed by atoms with van der Waals surface area (Å²) in [5.41, 5.74) is 0.866. The summed E-state index contributed by atoms with van der Waals surface area (Å²) in [6.07, 6.45) is -4.65. The summed E-state index contributed by atoms with van der Waals surface area (Å²) in [4.78, 5) is 37.9. The normalized spacial score (nSPS) is 11.5. The molecular formula is C29H24Cl2F4N4O3. The lowest BCUT2D eigenvalue weighted by Gasteiger charge is -2.14. The molecule has 220 valence electrons. The fourth-order valence-electron chi connectivity index (χ4n) is 4.10. The van der Waals surface area contributed by atoms with Crippen LogP contribution in [-0.2, 0) is 17.9 Å². The van der Waals surface area contributed by atoms with Crippen LogP contribution >= 0.6 is 23.2 Å². The largest absolute Gasteiger partial charge is 0.406 e. The molecule has 0 saturated carbocycles. The summed E-state index contributed by atoms with van der Waals surface area (Å²) in [6, 6.07) is 13.5. The Morgan fingerprint density at radius 3 is 2.19 bits per heavy atom. The molecule has 0 aliphatic rings. The molecular weight excluding hydrogens is 599 g/mol. The van der Waals surface area contributed by atoms with E-state index in [0.717, 1.165) is 16.7 Å². The van der Waals surface area contributed by atoms with E-state index < -0.39 is 30.4 Å². The highest BCUT2D eigenvalue weighted by atomic mass is 35.5. The molecule has 4 aromatic rings. The van der Waals surface area contributed by atoms with Crippen LogP contribution in [0, 0.1) is 11.7 Å². The first-order valence-electron chi connectivity index (χ1n) is 12.6. The van der Waals surface area contributed by atoms with Crippen molar-refractivity contribution in [3.8, 4) is 0 Å². The Hall–Kier alpha value is -4.09. The zero-order chi connectivity index (χ0) is 30.8. The van der Waals surface area contributed by atoms with E-state index in [-0.39, 0.29) is 62.0 Å². The predicted octanol–water partition coefficient (Wildman–Crippen LogP) is 7.43. The fourth-order valence-corrected chi connectivity index (χ4v) is 4.49. The van der Waals surface area contributed by atoms with Gasteiger partial charge in [-0.2, -0.15) is 13.2 Å². The molecule has 7 nitrogen and oxygen atoms in total. The summed E-state index contributed by atoms with van der Waals surface area (Å²) >= 11 is 12.0. The minimum Gasteiger partial charge on any atom is -0.352 e. The highest BCUT2D eigenvalue weighted by Crippen LogP contribution is 2.29. The van der Waals surface area contributed by atoms with Gasteiger partial charge in [0, 0.05) is 34.7 Å². The van der Waals surface area contributed by atoms with E-state index in [4.69, 9.17) is 23.2 Å². The van der Waals surface area contributed by atoms with Crippen LogP contribution in [-0.4, -0.2) is 28.5 Å². The molecule has 1 heterocycles. The first kappa shape index (κ1) is 30.9. The van der Waals surface area contributed by atoms with Crippen molar-refractivity contribution in [2.75, 3.05) is 10.6 Å². The monoisotopic (exact) mass is 622 g/mol. The highest BCUT2D eigenvalue weighted by Gasteiger charge is 2.31. The third kappa shape index (κ3) is 7.40. The van der Waals surface area contributed by atoms with Gasteiger partial charge in [0.15, 0.2) is 0 Å². The van der Waals surface area contributed by atoms with E-state index in [1.165, 1.54) is 42.5 Å². The molecule has 0 unspecified atom stereocenters. The van der Waals surface area contributed by atoms with Gasteiger partial charge in [-0.15, -0.1) is 0 Å². The molecule has 4 rings (SSSR count). The maximum Gasteiger partial charge on any atom is 0.406 e. The van der Waals surface area contributed by atoms with Gasteiger partial charge in [-0.25, -0.2) is 4.39 Å². The Labute approximate surface area is 247 Å². The van der Waals surface area contributed by atoms with Crippen LogP contribution in [0.15, 0.2) is 60.7 Å². The molecule has 3 amide bonds. The number of fused-ring (bicyclic) bond motifs is 1. The number of anilines is 2. The van der Waals surface area contributed by atoms with Crippen molar-refractivity contribution in [2.24, 2.45) is 5.92 Å². The summed E-state index contributed by atoms with van der Waals surface area (Å²) in [7, 11) is 0. The summed E-state index contributed by atoms with van der Waals surface area (Å²) in [5.74, 6) is -2.55. The molecule has 0 aliphatic carbocycles. The highest BCUT2D eigenvalue weighted by molar-refractivity contribution is 6.34. The molecule has 3 N–H and O–H groups in total. The lowest BCUT2D eigenvalue weighted by Crippen LogP contribution is -2.27. The number of hydrogen-bond acceptors (Lipinski definition) is 3. The van der Waals surface area contributed by atoms with Crippen LogP contribution in [0.4, 0.5) is 28.9 Å². The van der Waals surface area contributed by atoms with Gasteiger partial charge in [0.2, 0.25) is 5.91 Å². The average Bonchev–Trinajstić information content (AvgIpc) is 3.26. The number of hydrogen-bond donors (Lipinski definition) is 3. The number of nitrogens with one attached hydrogen (secondary N) is 3. The van der Waals surface area contributed by atoms with Crippen molar-refractivity contribution in [1.82, 2.24) is 9.88 Å². The number of carbonyl (C=O) groups is 3. The Morgan fingerprint density at radius 1 is 0.857 bits per heavy atom. The number of halogens is 6. The van der Waals surface area contributed by atoms with Gasteiger partial charge in [-0.05, 0) is 60.2 Å². The first-order valence-corrected chi connectivity index (χ1v) is 13.3. The number of benzene rings is 3. The zero-order valence-corrected chi connectivity index (χ0v) is 23.7. The number of nitrogens with zero attached hydrogens (tertiary/aromatic N) is 1. The molecule has 0 atom stereocenters. The van der Waals surface area contributed by atoms with Gasteiger partial charge in [-0.1, -0.05) is 43.1 Å². The predicted molar refractivity (Wildman–Crippen MR) is 153 cm³/mol. The summed E-state index contributed by atoms with van der Waals surface area (Å²) < 4.78 is 54.7. The Bertz CT molecular complexity index is 1690. The van der Waals surface area contributed by atoms with Gasteiger partial charge < -0.3 is 20.5 Å². The molecule has 3 aromatic carbocycles. The topological polar surface area (TPSA) is 92.2 Å². The van der Waals surface area contributed by atoms with Crippen molar-refractivity contribution in [1.29, 1.82) is 0 Å². The fraction of sp³-hybridized carbons (Fsp3) is 0.207. The number of rotatable bonds is 8. The third-order valence-electron chi connectivity index (χ3n) is 6.17. The quantitative estimate of drug-likeness (QED) is 0.178. The minimum atomic E-state index is -4.65. The van der Waals surface area contributed by atoms with Crippen molar-refractivity contribution in [2.45, 2.75) is 33.1 Å². The smallest absolute Gasteiger partial charge is 0.352 e. The van der Waals surface area contributed by atoms with Gasteiger partial charge in [-0.3, -0.25) is 14.4 Å². The lowest BCUT2D eigenvalue weighted by atomic mass is 10.1. The Morgan fingerprint density at radius 2 is 1.52 bits per heavy atom. The number of carbonyl (C=O) groups excluding carboxylic acids is 3. The van der Waals surface area contributed by atoms with E-state index in [9.17, 15) is 31.9 Å². The van der Waals surface area contributed by atoms with Crippen LogP contribution in [0.3, 0.4) is 0 Å². The number of alkyl halides is 3. The van der Waals surface area contributed by atoms with Crippen molar-refractivity contribution in [3.05, 3.63) is 93.3 Å². The Kier molecular flexibility index (Phi) is 9.12. The van der Waals surface area contributed by atoms with E-state index in [1.54, 1.807) is 19.9 Å². The van der Waals surface area contributed by atoms with Gasteiger partial charge in [0.1, 0.15) is 18.1 Å². The molecule has 0 radical (unpaired) electrons. The molecule has 1 aromatic heterocycles. The number of amides is 3. The first-order chi connectivity index (χ1) is 19.7. The van der Waals surface area contributed by atoms with Crippen LogP contribution in [0.5, 0.6) is 0 Å². The van der Waals surface area contributed by atoms with Crippen molar-refractivity contribution in [3.63, 3.8) is 0 Å². The van der Waals surface area contributed by atoms with Gasteiger partial charge >= 0.3 is 6.18 Å². The van der Waals surface area contributed by atoms with Crippen LogP contribution in [0.25, 0.3) is 10.9 Å². The molecule has 0 spiro atoms. The van der Waals surface area contributed by atoms with Gasteiger partial charge in [0.05, 0.1) is 15.6 Å². The van der Waals surface area contributed by atoms with Crippen LogP contribution in [0.1, 0.15) is 40.3 Å². The second-order valence-corrected chi connectivity index (χ2v) is 10.5. The SMILES string of the molecule is CC(C)C(=O)NCc1ccc(Cl)c(C(=O)Nc2ccc3c(c2)cc(C(=O)Nc2ccc(F)c(Cl)c2)n3CC(F)(F)F)c1. The maximum atomic E-state index is 13.5. The van der Waals surface area contributed by atoms with Crippen LogP contribution < -0.4 is 16.0 Å². The molecule has 0 fully saturated rings. The van der Waals surface area contributed by atoms with Crippen molar-refractivity contribution >= 4 is 63.2 Å².